The Morgan fingerprint density at radius 1 is 1.73 bits per heavy atom. The molecule has 0 rings (SSSR count). The van der Waals surface area contributed by atoms with Crippen LogP contribution >= 0.6 is 7.60 Å². The molecule has 0 saturated heterocycles. The fraction of sp³-hybridized carbons (Fsp3) is 0.333. The molecule has 0 saturated carbocycles. The Labute approximate surface area is 63.6 Å². The van der Waals surface area contributed by atoms with Gasteiger partial charge in [-0.1, -0.05) is 0 Å². The maximum atomic E-state index is 10.4. The molecule has 0 aliphatic rings. The van der Waals surface area contributed by atoms with Crippen LogP contribution in [0.3, 0.4) is 0 Å². The van der Waals surface area contributed by atoms with E-state index in [9.17, 15) is 4.57 Å². The number of rotatable bonds is 2. The SMILES string of the molecule is [CH2]C(NC(N)=NN)P(=O)(O)O. The Morgan fingerprint density at radius 3 is 2.45 bits per heavy atom. The molecule has 0 aromatic heterocycles. The molecule has 1 atom stereocenters. The Kier molecular flexibility index (Phi) is 3.31. The van der Waals surface area contributed by atoms with Crippen LogP contribution in [0.15, 0.2) is 5.10 Å². The summed E-state index contributed by atoms with van der Waals surface area (Å²) in [7, 11) is -4.26. The first-order valence-corrected chi connectivity index (χ1v) is 4.24. The first-order valence-electron chi connectivity index (χ1n) is 2.56. The Balaban J connectivity index is 4.09. The summed E-state index contributed by atoms with van der Waals surface area (Å²) in [6.07, 6.45) is 0. The minimum atomic E-state index is -4.26. The van der Waals surface area contributed by atoms with E-state index in [1.165, 1.54) is 0 Å². The van der Waals surface area contributed by atoms with Gasteiger partial charge in [-0.25, -0.2) is 0 Å². The van der Waals surface area contributed by atoms with Gasteiger partial charge in [0.1, 0.15) is 5.78 Å². The highest BCUT2D eigenvalue weighted by molar-refractivity contribution is 7.52. The van der Waals surface area contributed by atoms with E-state index >= 15 is 0 Å². The first kappa shape index (κ1) is 10.2. The Morgan fingerprint density at radius 2 is 2.18 bits per heavy atom. The van der Waals surface area contributed by atoms with E-state index in [1.807, 2.05) is 0 Å². The van der Waals surface area contributed by atoms with Crippen LogP contribution < -0.4 is 16.9 Å². The molecule has 7 N–H and O–H groups in total. The number of hydrogen-bond acceptors (Lipinski definition) is 3. The average molecular weight is 181 g/mol. The number of hydrogen-bond donors (Lipinski definition) is 5. The number of hydrazone groups is 1. The molecule has 7 nitrogen and oxygen atoms in total. The molecule has 0 fully saturated rings. The summed E-state index contributed by atoms with van der Waals surface area (Å²) in [5.74, 6) is 3.09. The van der Waals surface area contributed by atoms with Gasteiger partial charge in [0.15, 0.2) is 0 Å². The molecular weight excluding hydrogens is 171 g/mol. The third kappa shape index (κ3) is 3.82. The van der Waals surface area contributed by atoms with E-state index in [0.717, 1.165) is 0 Å². The van der Waals surface area contributed by atoms with Gasteiger partial charge in [0.05, 0.1) is 0 Å². The highest BCUT2D eigenvalue weighted by atomic mass is 31.2. The van der Waals surface area contributed by atoms with Crippen LogP contribution in [0, 0.1) is 6.92 Å². The number of nitrogens with zero attached hydrogens (tertiary/aromatic N) is 1. The number of nitrogens with two attached hydrogens (primary N) is 2. The summed E-state index contributed by atoms with van der Waals surface area (Å²) in [6, 6.07) is 0. The van der Waals surface area contributed by atoms with Crippen molar-refractivity contribution in [3.05, 3.63) is 6.92 Å². The maximum absolute atomic E-state index is 10.4. The van der Waals surface area contributed by atoms with E-state index < -0.39 is 13.4 Å². The lowest BCUT2D eigenvalue weighted by Gasteiger charge is -2.14. The van der Waals surface area contributed by atoms with E-state index in [0.29, 0.717) is 0 Å². The fourth-order valence-electron chi connectivity index (χ4n) is 0.292. The molecule has 0 amide bonds. The zero-order chi connectivity index (χ0) is 9.07. The molecule has 0 aromatic rings. The van der Waals surface area contributed by atoms with E-state index in [4.69, 9.17) is 15.5 Å². The van der Waals surface area contributed by atoms with Gasteiger partial charge in [0.2, 0.25) is 5.96 Å². The van der Waals surface area contributed by atoms with Crippen molar-refractivity contribution in [3.63, 3.8) is 0 Å². The number of nitrogens with one attached hydrogen (secondary N) is 1. The van der Waals surface area contributed by atoms with Crippen LogP contribution in [0.25, 0.3) is 0 Å². The molecule has 0 aliphatic carbocycles. The van der Waals surface area contributed by atoms with Crippen LogP contribution in [0.5, 0.6) is 0 Å². The molecule has 65 valence electrons. The van der Waals surface area contributed by atoms with Crippen LogP contribution in [0.1, 0.15) is 0 Å². The van der Waals surface area contributed by atoms with Crippen molar-refractivity contribution in [1.29, 1.82) is 0 Å². The number of guanidine groups is 1. The zero-order valence-electron chi connectivity index (χ0n) is 5.64. The summed E-state index contributed by atoms with van der Waals surface area (Å²) in [4.78, 5) is 16.9. The molecule has 1 radical (unpaired) electrons. The first-order chi connectivity index (χ1) is 4.88. The van der Waals surface area contributed by atoms with E-state index in [2.05, 4.69) is 23.2 Å². The van der Waals surface area contributed by atoms with Crippen molar-refractivity contribution in [2.75, 3.05) is 0 Å². The van der Waals surface area contributed by atoms with Crippen molar-refractivity contribution >= 4 is 13.6 Å². The normalized spacial score (nSPS) is 16.1. The second-order valence-corrected chi connectivity index (χ2v) is 3.57. The second-order valence-electron chi connectivity index (χ2n) is 1.76. The highest BCUT2D eigenvalue weighted by Gasteiger charge is 2.23. The molecule has 0 aliphatic heterocycles. The topological polar surface area (TPSA) is 134 Å². The summed E-state index contributed by atoms with van der Waals surface area (Å²) in [5, 5.41) is 5.04. The summed E-state index contributed by atoms with van der Waals surface area (Å²) >= 11 is 0. The van der Waals surface area contributed by atoms with E-state index in [1.54, 1.807) is 0 Å². The lowest BCUT2D eigenvalue weighted by molar-refractivity contribution is 0.361. The summed E-state index contributed by atoms with van der Waals surface area (Å²) < 4.78 is 10.4. The van der Waals surface area contributed by atoms with Gasteiger partial charge in [0.25, 0.3) is 0 Å². The van der Waals surface area contributed by atoms with E-state index in [-0.39, 0.29) is 5.96 Å². The second kappa shape index (κ2) is 3.56. The quantitative estimate of drug-likeness (QED) is 0.111. The Bertz CT molecular complexity index is 199. The maximum Gasteiger partial charge on any atom is 0.347 e. The average Bonchev–Trinajstić information content (AvgIpc) is 1.85. The predicted octanol–water partition coefficient (Wildman–Crippen LogP) is -1.90. The van der Waals surface area contributed by atoms with Gasteiger partial charge in [-0.3, -0.25) is 4.57 Å². The van der Waals surface area contributed by atoms with Crippen LogP contribution in [-0.4, -0.2) is 21.5 Å². The third-order valence-electron chi connectivity index (χ3n) is 0.860. The van der Waals surface area contributed by atoms with Crippen molar-refractivity contribution in [2.45, 2.75) is 5.78 Å². The van der Waals surface area contributed by atoms with Crippen LogP contribution in [0.2, 0.25) is 0 Å². The smallest absolute Gasteiger partial charge is 0.347 e. The molecule has 0 bridgehead atoms. The molecule has 11 heavy (non-hydrogen) atoms. The van der Waals surface area contributed by atoms with Gasteiger partial charge in [-0.05, 0) is 6.92 Å². The lowest BCUT2D eigenvalue weighted by atomic mass is 10.7. The molecule has 0 spiro atoms. The third-order valence-corrected chi connectivity index (χ3v) is 1.80. The predicted molar refractivity (Wildman–Crippen MR) is 40.1 cm³/mol. The van der Waals surface area contributed by atoms with Crippen LogP contribution in [0.4, 0.5) is 0 Å². The van der Waals surface area contributed by atoms with Crippen molar-refractivity contribution < 1.29 is 14.4 Å². The summed E-state index contributed by atoms with van der Waals surface area (Å²) in [5.41, 5.74) is 5.00. The van der Waals surface area contributed by atoms with Crippen molar-refractivity contribution in [1.82, 2.24) is 5.32 Å². The van der Waals surface area contributed by atoms with Gasteiger partial charge in [-0.2, -0.15) is 0 Å². The van der Waals surface area contributed by atoms with Crippen LogP contribution in [-0.2, 0) is 4.57 Å². The molecule has 1 unspecified atom stereocenters. The minimum Gasteiger partial charge on any atom is -0.368 e. The van der Waals surface area contributed by atoms with Crippen molar-refractivity contribution in [2.24, 2.45) is 16.7 Å². The van der Waals surface area contributed by atoms with Gasteiger partial charge in [-0.15, -0.1) is 5.10 Å². The van der Waals surface area contributed by atoms with Crippen molar-refractivity contribution in [3.8, 4) is 0 Å². The molecular formula is C3H10N4O3P. The molecule has 8 heteroatoms. The zero-order valence-corrected chi connectivity index (χ0v) is 6.53. The monoisotopic (exact) mass is 181 g/mol. The summed E-state index contributed by atoms with van der Waals surface area (Å²) in [6.45, 7) is 3.11. The lowest BCUT2D eigenvalue weighted by Crippen LogP contribution is -2.39. The molecule has 0 heterocycles. The van der Waals surface area contributed by atoms with Gasteiger partial charge >= 0.3 is 7.60 Å². The molecule has 0 aromatic carbocycles. The minimum absolute atomic E-state index is 0.270. The fourth-order valence-corrected chi connectivity index (χ4v) is 0.593. The largest absolute Gasteiger partial charge is 0.368 e. The Hall–Kier alpha value is -0.780. The standard InChI is InChI=1S/C3H10N4O3P/c1-2(11(8,9)10)6-3(4)7-5/h2H,1,5H2,(H3,4,6,7)(H2,8,9,10). The highest BCUT2D eigenvalue weighted by Crippen LogP contribution is 2.38. The van der Waals surface area contributed by atoms with Gasteiger partial charge < -0.3 is 26.7 Å². The van der Waals surface area contributed by atoms with Gasteiger partial charge in [0, 0.05) is 0 Å².